The lowest BCUT2D eigenvalue weighted by atomic mass is 10.1. The molecule has 6 heteroatoms. The van der Waals surface area contributed by atoms with E-state index in [0.29, 0.717) is 6.54 Å². The quantitative estimate of drug-likeness (QED) is 0.713. The van der Waals surface area contributed by atoms with Crippen LogP contribution in [0.2, 0.25) is 0 Å². The summed E-state index contributed by atoms with van der Waals surface area (Å²) in [6, 6.07) is 6.91. The number of nitrogens with zero attached hydrogens (tertiary/aromatic N) is 1. The summed E-state index contributed by atoms with van der Waals surface area (Å²) in [7, 11) is -0.711. The minimum atomic E-state index is -0.355. The summed E-state index contributed by atoms with van der Waals surface area (Å²) in [6.07, 6.45) is 0.751. The fraction of sp³-hybridized carbons (Fsp3) is 0.400. The highest BCUT2D eigenvalue weighted by Gasteiger charge is 2.02. The zero-order valence-electron chi connectivity index (χ0n) is 9.51. The van der Waals surface area contributed by atoms with Crippen molar-refractivity contribution >= 4 is 17.9 Å². The maximum absolute atomic E-state index is 9.04. The Bertz CT molecular complexity index is 265. The summed E-state index contributed by atoms with van der Waals surface area (Å²) in [5, 5.41) is 9.04. The first-order chi connectivity index (χ1) is 7.76. The molecule has 92 valence electrons. The molecular formula is C10H19NO3P2. The van der Waals surface area contributed by atoms with Gasteiger partial charge in [0.05, 0.1) is 17.9 Å². The predicted molar refractivity (Wildman–Crippen MR) is 70.9 cm³/mol. The molecule has 4 nitrogen and oxygen atoms in total. The number of phenols is 1. The monoisotopic (exact) mass is 263 g/mol. The van der Waals surface area contributed by atoms with Crippen LogP contribution in [0.1, 0.15) is 19.4 Å². The molecule has 16 heavy (non-hydrogen) atoms. The Morgan fingerprint density at radius 1 is 1.06 bits per heavy atom. The Morgan fingerprint density at radius 2 is 1.56 bits per heavy atom. The van der Waals surface area contributed by atoms with E-state index < -0.39 is 0 Å². The van der Waals surface area contributed by atoms with Gasteiger partial charge in [0.1, 0.15) is 5.75 Å². The lowest BCUT2D eigenvalue weighted by Gasteiger charge is -2.14. The molecule has 0 bridgehead atoms. The van der Waals surface area contributed by atoms with E-state index in [9.17, 15) is 0 Å². The Morgan fingerprint density at radius 3 is 2.00 bits per heavy atom. The number of benzene rings is 1. The van der Waals surface area contributed by atoms with Crippen molar-refractivity contribution in [1.82, 2.24) is 4.44 Å². The highest BCUT2D eigenvalue weighted by atomic mass is 31.2. The van der Waals surface area contributed by atoms with Gasteiger partial charge in [0.2, 0.25) is 0 Å². The molecule has 1 rings (SSSR count). The summed E-state index contributed by atoms with van der Waals surface area (Å²) >= 11 is 0. The van der Waals surface area contributed by atoms with Gasteiger partial charge in [-0.05, 0) is 24.1 Å². The van der Waals surface area contributed by atoms with Crippen molar-refractivity contribution < 1.29 is 14.9 Å². The van der Waals surface area contributed by atoms with E-state index >= 15 is 0 Å². The standard InChI is InChI=1S/C8H13NO3P2.C2H6/c10-8-3-1-7(2-4-8)5-6-9(13-11)14-12;1-2/h1-4,10-14H,5-6H2;1-2H3. The van der Waals surface area contributed by atoms with Gasteiger partial charge >= 0.3 is 0 Å². The highest BCUT2D eigenvalue weighted by Crippen LogP contribution is 2.26. The Kier molecular flexibility index (Phi) is 9.80. The van der Waals surface area contributed by atoms with E-state index in [-0.39, 0.29) is 23.7 Å². The molecule has 0 radical (unpaired) electrons. The van der Waals surface area contributed by atoms with Crippen LogP contribution >= 0.6 is 17.9 Å². The van der Waals surface area contributed by atoms with Crippen LogP contribution in [-0.4, -0.2) is 25.9 Å². The van der Waals surface area contributed by atoms with Crippen LogP contribution in [0.15, 0.2) is 24.3 Å². The van der Waals surface area contributed by atoms with Crippen LogP contribution < -0.4 is 0 Å². The van der Waals surface area contributed by atoms with Crippen molar-refractivity contribution in [2.75, 3.05) is 6.54 Å². The van der Waals surface area contributed by atoms with Crippen molar-refractivity contribution in [2.45, 2.75) is 20.3 Å². The third-order valence-corrected chi connectivity index (χ3v) is 3.33. The first-order valence-electron chi connectivity index (χ1n) is 5.11. The Hall–Kier alpha value is -0.240. The number of phenolic OH excluding ortho intramolecular Hbond substituents is 1. The van der Waals surface area contributed by atoms with E-state index in [1.165, 1.54) is 0 Å². The number of hydrogen-bond donors (Lipinski definition) is 3. The van der Waals surface area contributed by atoms with Gasteiger partial charge in [-0.2, -0.15) is 0 Å². The lowest BCUT2D eigenvalue weighted by Crippen LogP contribution is -2.06. The molecule has 0 aromatic heterocycles. The lowest BCUT2D eigenvalue weighted by molar-refractivity contribution is 0.475. The van der Waals surface area contributed by atoms with E-state index in [2.05, 4.69) is 0 Å². The largest absolute Gasteiger partial charge is 0.508 e. The first-order valence-corrected chi connectivity index (χ1v) is 6.90. The maximum Gasteiger partial charge on any atom is 0.115 e. The Labute approximate surface area is 100 Å². The zero-order valence-corrected chi connectivity index (χ0v) is 11.5. The SMILES string of the molecule is CC.OPN(CCc1ccc(O)cc1)PO. The van der Waals surface area contributed by atoms with Crippen LogP contribution in [0.25, 0.3) is 0 Å². The van der Waals surface area contributed by atoms with Crippen LogP contribution in [0, 0.1) is 0 Å². The molecule has 0 aliphatic heterocycles. The van der Waals surface area contributed by atoms with E-state index in [0.717, 1.165) is 12.0 Å². The predicted octanol–water partition coefficient (Wildman–Crippen LogP) is 2.26. The molecule has 1 aromatic carbocycles. The van der Waals surface area contributed by atoms with Gasteiger partial charge < -0.3 is 14.9 Å². The Balaban J connectivity index is 0.00000106. The van der Waals surface area contributed by atoms with Gasteiger partial charge in [-0.25, -0.2) is 4.44 Å². The van der Waals surface area contributed by atoms with Crippen molar-refractivity contribution in [3.05, 3.63) is 29.8 Å². The fourth-order valence-electron chi connectivity index (χ4n) is 1.03. The molecule has 0 fully saturated rings. The van der Waals surface area contributed by atoms with Crippen molar-refractivity contribution in [3.8, 4) is 5.75 Å². The van der Waals surface area contributed by atoms with E-state index in [1.54, 1.807) is 16.6 Å². The smallest absolute Gasteiger partial charge is 0.115 e. The van der Waals surface area contributed by atoms with E-state index in [1.807, 2.05) is 26.0 Å². The van der Waals surface area contributed by atoms with E-state index in [4.69, 9.17) is 14.9 Å². The molecular weight excluding hydrogens is 244 g/mol. The van der Waals surface area contributed by atoms with Gasteiger partial charge in [0.25, 0.3) is 0 Å². The molecule has 0 aliphatic carbocycles. The van der Waals surface area contributed by atoms with Gasteiger partial charge in [-0.15, -0.1) is 0 Å². The molecule has 1 aromatic rings. The summed E-state index contributed by atoms with van der Waals surface area (Å²) in [4.78, 5) is 17.6. The molecule has 0 heterocycles. The van der Waals surface area contributed by atoms with Crippen LogP contribution in [0.3, 0.4) is 0 Å². The van der Waals surface area contributed by atoms with Crippen LogP contribution in [0.4, 0.5) is 0 Å². The minimum Gasteiger partial charge on any atom is -0.508 e. The molecule has 0 aliphatic rings. The second-order valence-electron chi connectivity index (χ2n) is 2.77. The minimum absolute atomic E-state index is 0.249. The third kappa shape index (κ3) is 6.37. The fourth-order valence-corrected chi connectivity index (χ4v) is 1.63. The number of aromatic hydroxyl groups is 1. The van der Waals surface area contributed by atoms with Crippen molar-refractivity contribution in [1.29, 1.82) is 0 Å². The number of hydrogen-bond acceptors (Lipinski definition) is 4. The van der Waals surface area contributed by atoms with Crippen LogP contribution in [0.5, 0.6) is 5.75 Å². The highest BCUT2D eigenvalue weighted by molar-refractivity contribution is 7.44. The third-order valence-electron chi connectivity index (χ3n) is 1.80. The van der Waals surface area contributed by atoms with Gasteiger partial charge in [-0.1, -0.05) is 26.0 Å². The zero-order chi connectivity index (χ0) is 12.4. The van der Waals surface area contributed by atoms with Gasteiger partial charge in [-0.3, -0.25) is 0 Å². The van der Waals surface area contributed by atoms with Crippen molar-refractivity contribution in [3.63, 3.8) is 0 Å². The summed E-state index contributed by atoms with van der Waals surface area (Å²) < 4.78 is 1.56. The maximum atomic E-state index is 9.04. The molecule has 0 amide bonds. The molecule has 2 unspecified atom stereocenters. The average Bonchev–Trinajstić information content (AvgIpc) is 2.35. The summed E-state index contributed by atoms with van der Waals surface area (Å²) in [6.45, 7) is 4.62. The van der Waals surface area contributed by atoms with Crippen LogP contribution in [-0.2, 0) is 6.42 Å². The second kappa shape index (κ2) is 9.95. The van der Waals surface area contributed by atoms with Gasteiger partial charge in [0.15, 0.2) is 0 Å². The van der Waals surface area contributed by atoms with Crippen molar-refractivity contribution in [2.24, 2.45) is 0 Å². The first kappa shape index (κ1) is 15.8. The average molecular weight is 263 g/mol. The summed E-state index contributed by atoms with van der Waals surface area (Å²) in [5.74, 6) is 0.249. The second-order valence-corrected chi connectivity index (χ2v) is 4.69. The molecule has 3 N–H and O–H groups in total. The topological polar surface area (TPSA) is 63.9 Å². The summed E-state index contributed by atoms with van der Waals surface area (Å²) in [5.41, 5.74) is 1.07. The van der Waals surface area contributed by atoms with Gasteiger partial charge in [0, 0.05) is 6.54 Å². The molecule has 0 spiro atoms. The normalized spacial score (nSPS) is 11.3. The molecule has 0 saturated carbocycles. The molecule has 0 saturated heterocycles. The number of rotatable bonds is 5. The molecule has 2 atom stereocenters.